The van der Waals surface area contributed by atoms with Gasteiger partial charge in [-0.25, -0.2) is 19.2 Å². The van der Waals surface area contributed by atoms with Gasteiger partial charge in [0.05, 0.1) is 27.4 Å². The van der Waals surface area contributed by atoms with Crippen LogP contribution in [0.4, 0.5) is 0 Å². The van der Waals surface area contributed by atoms with Crippen LogP contribution in [-0.2, 0) is 41.7 Å². The van der Waals surface area contributed by atoms with E-state index in [1.165, 1.54) is 49.7 Å². The first-order chi connectivity index (χ1) is 25.1. The Hall–Kier alpha value is -3.54. The van der Waals surface area contributed by atoms with Crippen molar-refractivity contribution >= 4 is 45.5 Å². The van der Waals surface area contributed by atoms with Crippen LogP contribution in [0.3, 0.4) is 0 Å². The largest absolute Gasteiger partial charge is 0.496 e. The molecule has 0 aliphatic carbocycles. The molecule has 2 aromatic carbocycles. The van der Waals surface area contributed by atoms with Crippen molar-refractivity contribution in [3.05, 3.63) is 59.7 Å². The summed E-state index contributed by atoms with van der Waals surface area (Å²) >= 11 is 0. The lowest BCUT2D eigenvalue weighted by atomic mass is 10.2. The molecule has 0 bridgehead atoms. The monoisotopic (exact) mass is 772 g/mol. The van der Waals surface area contributed by atoms with Crippen LogP contribution in [0.1, 0.15) is 62.5 Å². The Morgan fingerprint density at radius 1 is 0.519 bits per heavy atom. The van der Waals surface area contributed by atoms with E-state index in [4.69, 9.17) is 58.6 Å². The van der Waals surface area contributed by atoms with E-state index in [9.17, 15) is 0 Å². The zero-order valence-corrected chi connectivity index (χ0v) is 31.9. The molecule has 52 heavy (non-hydrogen) atoms. The lowest BCUT2D eigenvalue weighted by Crippen LogP contribution is -2.15. The number of hydrogen-bond acceptors (Lipinski definition) is 12. The minimum absolute atomic E-state index is 0.840. The maximum absolute atomic E-state index is 9.10. The second-order valence-electron chi connectivity index (χ2n) is 10.9. The van der Waals surface area contributed by atoms with Gasteiger partial charge >= 0.3 is 23.9 Å². The molecule has 0 unspecified atom stereocenters. The molecule has 294 valence electrons. The highest BCUT2D eigenvalue weighted by atomic mass is 33.1. The van der Waals surface area contributed by atoms with Crippen LogP contribution in [-0.4, -0.2) is 110 Å². The van der Waals surface area contributed by atoms with Crippen molar-refractivity contribution in [1.29, 1.82) is 0 Å². The first-order valence-electron chi connectivity index (χ1n) is 17.1. The van der Waals surface area contributed by atoms with E-state index in [0.717, 1.165) is 88.5 Å². The Morgan fingerprint density at radius 2 is 0.865 bits per heavy atom. The van der Waals surface area contributed by atoms with Gasteiger partial charge in [-0.15, -0.1) is 0 Å². The molecule has 0 spiro atoms. The fourth-order valence-corrected chi connectivity index (χ4v) is 5.99. The van der Waals surface area contributed by atoms with Gasteiger partial charge in [-0.2, -0.15) is 0 Å². The molecule has 0 fully saturated rings. The Labute approximate surface area is 314 Å². The number of carboxylic acid groups (broad SMARTS) is 4. The van der Waals surface area contributed by atoms with Gasteiger partial charge in [0.1, 0.15) is 11.5 Å². The Bertz CT molecular complexity index is 1120. The highest BCUT2D eigenvalue weighted by molar-refractivity contribution is 8.76. The van der Waals surface area contributed by atoms with E-state index in [-0.39, 0.29) is 0 Å². The number of methoxy groups -OCH3 is 2. The Kier molecular flexibility index (Phi) is 32.2. The summed E-state index contributed by atoms with van der Waals surface area (Å²) in [5, 5.41) is 36.6. The van der Waals surface area contributed by atoms with Crippen LogP contribution in [0.15, 0.2) is 48.5 Å². The van der Waals surface area contributed by atoms with Crippen LogP contribution >= 0.6 is 21.6 Å². The van der Waals surface area contributed by atoms with Gasteiger partial charge in [0.25, 0.3) is 0 Å². The summed E-state index contributed by atoms with van der Waals surface area (Å²) in [6, 6.07) is 16.4. The van der Waals surface area contributed by atoms with Crippen LogP contribution in [0.2, 0.25) is 0 Å². The first kappa shape index (κ1) is 48.5. The number of nitrogens with one attached hydrogen (secondary N) is 2. The van der Waals surface area contributed by atoms with Gasteiger partial charge in [-0.3, -0.25) is 0 Å². The summed E-state index contributed by atoms with van der Waals surface area (Å²) in [5.41, 5.74) is 2.43. The third-order valence-electron chi connectivity index (χ3n) is 6.87. The molecule has 2 aromatic rings. The van der Waals surface area contributed by atoms with Crippen molar-refractivity contribution < 1.29 is 58.6 Å². The summed E-state index contributed by atoms with van der Waals surface area (Å²) in [4.78, 5) is 36.4. The molecule has 0 saturated heterocycles. The van der Waals surface area contributed by atoms with Crippen LogP contribution in [0, 0.1) is 0 Å². The van der Waals surface area contributed by atoms with E-state index >= 15 is 0 Å². The van der Waals surface area contributed by atoms with Gasteiger partial charge in [0.15, 0.2) is 0 Å². The molecule has 2 rings (SSSR count). The van der Waals surface area contributed by atoms with Crippen LogP contribution < -0.4 is 20.1 Å². The lowest BCUT2D eigenvalue weighted by Gasteiger charge is -2.09. The number of ether oxygens (including phenoxy) is 4. The van der Waals surface area contributed by atoms with Crippen molar-refractivity contribution in [2.24, 2.45) is 0 Å². The fraction of sp³-hybridized carbons (Fsp3) is 0.556. The molecule has 0 atom stereocenters. The summed E-state index contributed by atoms with van der Waals surface area (Å²) < 4.78 is 22.3. The van der Waals surface area contributed by atoms with E-state index in [1.54, 1.807) is 14.2 Å². The van der Waals surface area contributed by atoms with Crippen LogP contribution in [0.25, 0.3) is 0 Å². The molecule has 14 nitrogen and oxygen atoms in total. The molecule has 0 saturated carbocycles. The van der Waals surface area contributed by atoms with Crippen molar-refractivity contribution in [2.45, 2.75) is 64.5 Å². The first-order valence-corrected chi connectivity index (χ1v) is 19.6. The van der Waals surface area contributed by atoms with E-state index in [2.05, 4.69) is 34.9 Å². The number of carboxylic acids is 4. The standard InChI is InChI=1S/C32H52N2O4S2.2C2H2O4/c1-35-31-17-9-7-15-29(31)27-33-19-11-3-5-13-21-37-23-25-39-40-26-24-38-22-14-6-4-12-20-34-28-30-16-8-10-18-32(30)36-2;2*3-1(4)2(5)6/h7-10,15-18,33-34H,3-6,11-14,19-28H2,1-2H3;2*(H,3,4)(H,5,6). The summed E-state index contributed by atoms with van der Waals surface area (Å²) in [7, 11) is 7.24. The predicted molar refractivity (Wildman–Crippen MR) is 203 cm³/mol. The number of aliphatic carboxylic acids is 4. The Morgan fingerprint density at radius 3 is 1.21 bits per heavy atom. The van der Waals surface area contributed by atoms with Crippen molar-refractivity contribution in [3.63, 3.8) is 0 Å². The fourth-order valence-electron chi connectivity index (χ4n) is 4.27. The maximum Gasteiger partial charge on any atom is 0.414 e. The number of hydrogen-bond donors (Lipinski definition) is 6. The van der Waals surface area contributed by atoms with Crippen LogP contribution in [0.5, 0.6) is 11.5 Å². The summed E-state index contributed by atoms with van der Waals surface area (Å²) in [5.74, 6) is -3.29. The van der Waals surface area contributed by atoms with E-state index < -0.39 is 23.9 Å². The van der Waals surface area contributed by atoms with E-state index in [1.807, 2.05) is 45.9 Å². The molecule has 0 heterocycles. The topological polar surface area (TPSA) is 210 Å². The maximum atomic E-state index is 9.10. The molecule has 0 aromatic heterocycles. The number of rotatable bonds is 27. The molecule has 0 amide bonds. The molecular formula is C36H56N2O12S2. The molecule has 0 radical (unpaired) electrons. The number of para-hydroxylation sites is 2. The number of carbonyl (C=O) groups is 4. The van der Waals surface area contributed by atoms with Crippen molar-refractivity contribution in [2.75, 3.05) is 65.2 Å². The zero-order chi connectivity index (χ0) is 38.7. The normalized spacial score (nSPS) is 10.3. The second-order valence-corrected chi connectivity index (χ2v) is 13.6. The van der Waals surface area contributed by atoms with Crippen molar-refractivity contribution in [1.82, 2.24) is 10.6 Å². The van der Waals surface area contributed by atoms with Gasteiger partial charge in [-0.1, -0.05) is 83.7 Å². The quantitative estimate of drug-likeness (QED) is 0.0380. The van der Waals surface area contributed by atoms with Gasteiger partial charge < -0.3 is 50.0 Å². The SMILES string of the molecule is COc1ccccc1CNCCCCCCOCCSSCCOCCCCCCNCc1ccccc1OC.O=C(O)C(=O)O.O=C(O)C(=O)O. The molecule has 0 aliphatic rings. The number of benzene rings is 2. The average molecular weight is 773 g/mol. The van der Waals surface area contributed by atoms with Gasteiger partial charge in [0.2, 0.25) is 0 Å². The molecular weight excluding hydrogens is 717 g/mol. The second kappa shape index (κ2) is 34.5. The summed E-state index contributed by atoms with van der Waals surface area (Å²) in [6.07, 6.45) is 9.66. The molecule has 16 heteroatoms. The minimum Gasteiger partial charge on any atom is -0.496 e. The molecule has 6 N–H and O–H groups in total. The molecule has 0 aliphatic heterocycles. The average Bonchev–Trinajstić information content (AvgIpc) is 3.14. The van der Waals surface area contributed by atoms with E-state index in [0.29, 0.717) is 0 Å². The highest BCUT2D eigenvalue weighted by Crippen LogP contribution is 2.20. The van der Waals surface area contributed by atoms with Gasteiger partial charge in [-0.05, 0) is 50.9 Å². The minimum atomic E-state index is -1.82. The number of unbranched alkanes of at least 4 members (excludes halogenated alkanes) is 6. The zero-order valence-electron chi connectivity index (χ0n) is 30.2. The highest BCUT2D eigenvalue weighted by Gasteiger charge is 2.05. The third kappa shape index (κ3) is 29.1. The summed E-state index contributed by atoms with van der Waals surface area (Å²) in [6.45, 7) is 7.24. The lowest BCUT2D eigenvalue weighted by molar-refractivity contribution is -0.159. The van der Waals surface area contributed by atoms with Crippen molar-refractivity contribution in [3.8, 4) is 11.5 Å². The Balaban J connectivity index is 0.00000185. The van der Waals surface area contributed by atoms with Gasteiger partial charge in [0, 0.05) is 48.9 Å². The predicted octanol–water partition coefficient (Wildman–Crippen LogP) is 5.43. The third-order valence-corrected chi connectivity index (χ3v) is 9.20. The smallest absolute Gasteiger partial charge is 0.414 e.